The minimum absolute atomic E-state index is 0.255. The molecule has 0 saturated carbocycles. The minimum atomic E-state index is 0.255. The van der Waals surface area contributed by atoms with E-state index in [4.69, 9.17) is 5.26 Å². The number of hydrogen-bond donors (Lipinski definition) is 1. The van der Waals surface area contributed by atoms with Crippen molar-refractivity contribution in [2.45, 2.75) is 39.2 Å². The van der Waals surface area contributed by atoms with Gasteiger partial charge in [-0.25, -0.2) is 0 Å². The van der Waals surface area contributed by atoms with Gasteiger partial charge in [0.15, 0.2) is 0 Å². The Morgan fingerprint density at radius 1 is 1.58 bits per heavy atom. The van der Waals surface area contributed by atoms with Crippen LogP contribution in [-0.2, 0) is 0 Å². The Balaban J connectivity index is 2.31. The van der Waals surface area contributed by atoms with Crippen LogP contribution in [0.1, 0.15) is 33.1 Å². The Hall–Kier alpha value is -0.550. The lowest BCUT2D eigenvalue weighted by atomic mass is 9.88. The number of nitriles is 1. The molecule has 0 aromatic carbocycles. The number of piperidine rings is 1. The highest BCUT2D eigenvalue weighted by molar-refractivity contribution is 4.91. The largest absolute Gasteiger partial charge is 0.312 e. The lowest BCUT2D eigenvalue weighted by molar-refractivity contribution is 0.278. The molecule has 0 aliphatic carbocycles. The smallest absolute Gasteiger partial charge is 0.0669 e. The van der Waals surface area contributed by atoms with E-state index < -0.39 is 0 Å². The van der Waals surface area contributed by atoms with Gasteiger partial charge in [-0.3, -0.25) is 0 Å². The van der Waals surface area contributed by atoms with Gasteiger partial charge in [-0.1, -0.05) is 20.3 Å². The maximum Gasteiger partial charge on any atom is 0.0669 e. The molecule has 1 aliphatic rings. The van der Waals surface area contributed by atoms with Crippen LogP contribution in [0.15, 0.2) is 0 Å². The van der Waals surface area contributed by atoms with Crippen LogP contribution in [-0.4, -0.2) is 12.6 Å². The van der Waals surface area contributed by atoms with E-state index in [2.05, 4.69) is 25.2 Å². The van der Waals surface area contributed by atoms with Gasteiger partial charge in [0.2, 0.25) is 0 Å². The topological polar surface area (TPSA) is 35.8 Å². The van der Waals surface area contributed by atoms with Gasteiger partial charge in [0.1, 0.15) is 0 Å². The molecule has 0 aromatic heterocycles. The third-order valence-electron chi connectivity index (χ3n) is 2.97. The van der Waals surface area contributed by atoms with Crippen LogP contribution >= 0.6 is 0 Å². The van der Waals surface area contributed by atoms with Gasteiger partial charge in [-0.2, -0.15) is 5.26 Å². The summed E-state index contributed by atoms with van der Waals surface area (Å²) in [5, 5.41) is 12.1. The van der Waals surface area contributed by atoms with E-state index in [1.165, 1.54) is 12.8 Å². The predicted octanol–water partition coefficient (Wildman–Crippen LogP) is 1.92. The quantitative estimate of drug-likeness (QED) is 0.680. The summed E-state index contributed by atoms with van der Waals surface area (Å²) >= 11 is 0. The zero-order valence-corrected chi connectivity index (χ0v) is 8.01. The maximum atomic E-state index is 8.68. The molecule has 12 heavy (non-hydrogen) atoms. The monoisotopic (exact) mass is 166 g/mol. The average Bonchev–Trinajstić information content (AvgIpc) is 2.17. The summed E-state index contributed by atoms with van der Waals surface area (Å²) in [4.78, 5) is 0. The van der Waals surface area contributed by atoms with E-state index in [9.17, 15) is 0 Å². The van der Waals surface area contributed by atoms with Gasteiger partial charge >= 0.3 is 0 Å². The first-order valence-electron chi connectivity index (χ1n) is 4.91. The standard InChI is InChI=1S/C10H18N2/c1-3-8(2)10-5-4-9(6-11)7-12-10/h8-10,12H,3-5,7H2,1-2H3. The summed E-state index contributed by atoms with van der Waals surface area (Å²) in [6.45, 7) is 5.40. The van der Waals surface area contributed by atoms with Crippen molar-refractivity contribution in [1.29, 1.82) is 5.26 Å². The fourth-order valence-electron chi connectivity index (χ4n) is 1.76. The van der Waals surface area contributed by atoms with Crippen LogP contribution in [0.25, 0.3) is 0 Å². The van der Waals surface area contributed by atoms with Gasteiger partial charge in [0.05, 0.1) is 12.0 Å². The number of hydrogen-bond acceptors (Lipinski definition) is 2. The fourth-order valence-corrected chi connectivity index (χ4v) is 1.76. The Kier molecular flexibility index (Phi) is 3.55. The molecule has 0 spiro atoms. The molecule has 68 valence electrons. The molecule has 3 atom stereocenters. The van der Waals surface area contributed by atoms with Crippen molar-refractivity contribution in [3.05, 3.63) is 0 Å². The predicted molar refractivity (Wildman–Crippen MR) is 49.6 cm³/mol. The molecular formula is C10H18N2. The SMILES string of the molecule is CCC(C)C1CCC(C#N)CN1. The van der Waals surface area contributed by atoms with Crippen molar-refractivity contribution in [2.75, 3.05) is 6.54 Å². The maximum absolute atomic E-state index is 8.68. The van der Waals surface area contributed by atoms with Crippen molar-refractivity contribution in [2.24, 2.45) is 11.8 Å². The first-order valence-corrected chi connectivity index (χ1v) is 4.91. The van der Waals surface area contributed by atoms with Crippen molar-refractivity contribution in [3.63, 3.8) is 0 Å². The van der Waals surface area contributed by atoms with E-state index in [1.54, 1.807) is 0 Å². The first kappa shape index (κ1) is 9.54. The van der Waals surface area contributed by atoms with Crippen molar-refractivity contribution >= 4 is 0 Å². The van der Waals surface area contributed by atoms with Crippen LogP contribution in [0, 0.1) is 23.2 Å². The normalized spacial score (nSPS) is 32.4. The van der Waals surface area contributed by atoms with Gasteiger partial charge in [0, 0.05) is 12.6 Å². The van der Waals surface area contributed by atoms with Crippen molar-refractivity contribution in [3.8, 4) is 6.07 Å². The van der Waals surface area contributed by atoms with Crippen molar-refractivity contribution in [1.82, 2.24) is 5.32 Å². The lowest BCUT2D eigenvalue weighted by Gasteiger charge is -2.30. The van der Waals surface area contributed by atoms with Crippen LogP contribution in [0.3, 0.4) is 0 Å². The third kappa shape index (κ3) is 2.22. The number of nitrogens with zero attached hydrogens (tertiary/aromatic N) is 1. The second-order valence-electron chi connectivity index (χ2n) is 3.80. The molecule has 0 radical (unpaired) electrons. The molecule has 1 fully saturated rings. The fraction of sp³-hybridized carbons (Fsp3) is 0.900. The van der Waals surface area contributed by atoms with Crippen molar-refractivity contribution < 1.29 is 0 Å². The summed E-state index contributed by atoms with van der Waals surface area (Å²) < 4.78 is 0. The van der Waals surface area contributed by atoms with Crippen LogP contribution < -0.4 is 5.32 Å². The summed E-state index contributed by atoms with van der Waals surface area (Å²) in [5.41, 5.74) is 0. The van der Waals surface area contributed by atoms with Gasteiger partial charge in [-0.05, 0) is 18.8 Å². The van der Waals surface area contributed by atoms with Gasteiger partial charge in [-0.15, -0.1) is 0 Å². The summed E-state index contributed by atoms with van der Waals surface area (Å²) in [6.07, 6.45) is 3.49. The second-order valence-corrected chi connectivity index (χ2v) is 3.80. The number of rotatable bonds is 2. The Morgan fingerprint density at radius 2 is 2.33 bits per heavy atom. The van der Waals surface area contributed by atoms with E-state index >= 15 is 0 Å². The van der Waals surface area contributed by atoms with Crippen LogP contribution in [0.2, 0.25) is 0 Å². The van der Waals surface area contributed by atoms with Gasteiger partial charge in [0.25, 0.3) is 0 Å². The summed E-state index contributed by atoms with van der Waals surface area (Å²) in [5.74, 6) is 1.01. The van der Waals surface area contributed by atoms with Crippen LogP contribution in [0.5, 0.6) is 0 Å². The first-order chi connectivity index (χ1) is 5.77. The molecule has 1 N–H and O–H groups in total. The molecule has 0 amide bonds. The molecule has 0 bridgehead atoms. The number of nitrogens with one attached hydrogen (secondary N) is 1. The summed E-state index contributed by atoms with van der Waals surface area (Å²) in [6, 6.07) is 2.97. The van der Waals surface area contributed by atoms with Gasteiger partial charge < -0.3 is 5.32 Å². The summed E-state index contributed by atoms with van der Waals surface area (Å²) in [7, 11) is 0. The van der Waals surface area contributed by atoms with E-state index in [0.717, 1.165) is 18.9 Å². The van der Waals surface area contributed by atoms with E-state index in [1.807, 2.05) is 0 Å². The van der Waals surface area contributed by atoms with Crippen LogP contribution in [0.4, 0.5) is 0 Å². The molecule has 3 unspecified atom stereocenters. The molecule has 2 heteroatoms. The van der Waals surface area contributed by atoms with E-state index in [0.29, 0.717) is 6.04 Å². The molecule has 1 heterocycles. The molecule has 1 aliphatic heterocycles. The average molecular weight is 166 g/mol. The molecular weight excluding hydrogens is 148 g/mol. The Labute approximate surface area is 75.0 Å². The molecule has 1 saturated heterocycles. The third-order valence-corrected chi connectivity index (χ3v) is 2.97. The zero-order valence-electron chi connectivity index (χ0n) is 8.01. The molecule has 0 aromatic rings. The minimum Gasteiger partial charge on any atom is -0.312 e. The molecule has 2 nitrogen and oxygen atoms in total. The zero-order chi connectivity index (χ0) is 8.97. The Morgan fingerprint density at radius 3 is 2.75 bits per heavy atom. The molecule has 1 rings (SSSR count). The highest BCUT2D eigenvalue weighted by Gasteiger charge is 2.23. The Bertz CT molecular complexity index is 163. The highest BCUT2D eigenvalue weighted by atomic mass is 14.9. The highest BCUT2D eigenvalue weighted by Crippen LogP contribution is 2.20. The second kappa shape index (κ2) is 4.47. The van der Waals surface area contributed by atoms with E-state index in [-0.39, 0.29) is 5.92 Å². The lowest BCUT2D eigenvalue weighted by Crippen LogP contribution is -2.42.